The fraction of sp³-hybridized carbons (Fsp3) is 0.292. The molecule has 168 valence electrons. The van der Waals surface area contributed by atoms with Gasteiger partial charge in [0.25, 0.3) is 0 Å². The second-order valence-electron chi connectivity index (χ2n) is 7.24. The van der Waals surface area contributed by atoms with Crippen molar-refractivity contribution in [1.29, 1.82) is 0 Å². The van der Waals surface area contributed by atoms with Gasteiger partial charge in [-0.15, -0.1) is 0 Å². The molecule has 8 nitrogen and oxygen atoms in total. The van der Waals surface area contributed by atoms with Gasteiger partial charge in [-0.3, -0.25) is 4.79 Å². The molecule has 0 amide bonds. The van der Waals surface area contributed by atoms with Gasteiger partial charge < -0.3 is 24.1 Å². The molecule has 32 heavy (non-hydrogen) atoms. The Kier molecular flexibility index (Phi) is 7.40. The van der Waals surface area contributed by atoms with Crippen LogP contribution in [0, 0.1) is 0 Å². The van der Waals surface area contributed by atoms with E-state index in [9.17, 15) is 19.5 Å². The first-order valence-electron chi connectivity index (χ1n) is 9.94. The predicted octanol–water partition coefficient (Wildman–Crippen LogP) is 2.32. The van der Waals surface area contributed by atoms with Crippen LogP contribution < -0.4 is 0 Å². The number of carbonyl (C=O) groups excluding carboxylic acids is 3. The molecule has 0 unspecified atom stereocenters. The first kappa shape index (κ1) is 23.2. The van der Waals surface area contributed by atoms with Crippen molar-refractivity contribution in [3.63, 3.8) is 0 Å². The number of aliphatic hydroxyl groups is 1. The van der Waals surface area contributed by atoms with E-state index in [1.165, 1.54) is 19.3 Å². The van der Waals surface area contributed by atoms with Crippen LogP contribution in [0.25, 0.3) is 0 Å². The van der Waals surface area contributed by atoms with Crippen LogP contribution in [0.5, 0.6) is 0 Å². The molecule has 0 spiro atoms. The first-order chi connectivity index (χ1) is 15.3. The van der Waals surface area contributed by atoms with E-state index in [2.05, 4.69) is 0 Å². The van der Waals surface area contributed by atoms with Gasteiger partial charge in [-0.1, -0.05) is 42.5 Å². The van der Waals surface area contributed by atoms with Gasteiger partial charge >= 0.3 is 17.9 Å². The number of esters is 3. The summed E-state index contributed by atoms with van der Waals surface area (Å²) in [6, 6.07) is 16.5. The second-order valence-corrected chi connectivity index (χ2v) is 7.24. The first-order valence-corrected chi connectivity index (χ1v) is 9.94. The summed E-state index contributed by atoms with van der Waals surface area (Å²) in [5.74, 6) is -2.06. The summed E-state index contributed by atoms with van der Waals surface area (Å²) in [7, 11) is 1.35. The number of rotatable bonds is 7. The highest BCUT2D eigenvalue weighted by molar-refractivity contribution is 5.90. The summed E-state index contributed by atoms with van der Waals surface area (Å²) < 4.78 is 21.5. The molecule has 0 aliphatic heterocycles. The highest BCUT2D eigenvalue weighted by atomic mass is 16.6. The van der Waals surface area contributed by atoms with Gasteiger partial charge in [-0.25, -0.2) is 9.59 Å². The zero-order valence-corrected chi connectivity index (χ0v) is 17.7. The highest BCUT2D eigenvalue weighted by Crippen LogP contribution is 2.32. The fourth-order valence-corrected chi connectivity index (χ4v) is 3.42. The van der Waals surface area contributed by atoms with E-state index in [1.807, 2.05) is 0 Å². The molecular formula is C24H24O8. The maximum Gasteiger partial charge on any atom is 0.338 e. The topological polar surface area (TPSA) is 108 Å². The third-order valence-corrected chi connectivity index (χ3v) is 5.00. The number of ether oxygens (including phenoxy) is 4. The Morgan fingerprint density at radius 3 is 1.97 bits per heavy atom. The van der Waals surface area contributed by atoms with Crippen molar-refractivity contribution in [3.05, 3.63) is 83.9 Å². The summed E-state index contributed by atoms with van der Waals surface area (Å²) in [4.78, 5) is 36.8. The van der Waals surface area contributed by atoms with Crippen LogP contribution in [0.1, 0.15) is 27.6 Å². The molecule has 0 bridgehead atoms. The average molecular weight is 440 g/mol. The molecule has 0 heterocycles. The zero-order chi connectivity index (χ0) is 23.1. The van der Waals surface area contributed by atoms with E-state index < -0.39 is 48.4 Å². The standard InChI is InChI=1S/C24H24O8/c1-16(25)31-21-19(32-23(27)18-11-7-4-8-12-18)13-14-20(29-2)24(21,28)15-30-22(26)17-9-5-3-6-10-17/h3-14,19-21,28H,15H2,1-2H3/t19-,20+,21+,24-/m1/s1. The molecule has 1 aliphatic rings. The third kappa shape index (κ3) is 5.22. The second kappa shape index (κ2) is 10.2. The van der Waals surface area contributed by atoms with Gasteiger partial charge in [0.2, 0.25) is 0 Å². The van der Waals surface area contributed by atoms with Crippen LogP contribution in [0.2, 0.25) is 0 Å². The van der Waals surface area contributed by atoms with Crippen LogP contribution in [0.15, 0.2) is 72.8 Å². The Labute approximate surface area is 185 Å². The van der Waals surface area contributed by atoms with E-state index in [-0.39, 0.29) is 11.1 Å². The Morgan fingerprint density at radius 1 is 0.875 bits per heavy atom. The lowest BCUT2D eigenvalue weighted by molar-refractivity contribution is -0.209. The quantitative estimate of drug-likeness (QED) is 0.397. The van der Waals surface area contributed by atoms with Crippen LogP contribution >= 0.6 is 0 Å². The zero-order valence-electron chi connectivity index (χ0n) is 17.7. The van der Waals surface area contributed by atoms with Gasteiger partial charge in [-0.05, 0) is 30.3 Å². The highest BCUT2D eigenvalue weighted by Gasteiger charge is 2.54. The molecule has 0 saturated carbocycles. The van der Waals surface area contributed by atoms with E-state index in [0.717, 1.165) is 6.92 Å². The Bertz CT molecular complexity index is 972. The maximum absolute atomic E-state index is 12.6. The van der Waals surface area contributed by atoms with Crippen molar-refractivity contribution in [2.24, 2.45) is 0 Å². The normalized spacial score (nSPS) is 24.4. The van der Waals surface area contributed by atoms with Crippen molar-refractivity contribution in [2.45, 2.75) is 30.8 Å². The predicted molar refractivity (Wildman–Crippen MR) is 113 cm³/mol. The number of methoxy groups -OCH3 is 1. The van der Waals surface area contributed by atoms with E-state index in [0.29, 0.717) is 0 Å². The van der Waals surface area contributed by atoms with Gasteiger partial charge in [0, 0.05) is 14.0 Å². The summed E-state index contributed by atoms with van der Waals surface area (Å²) in [5, 5.41) is 11.5. The lowest BCUT2D eigenvalue weighted by Gasteiger charge is -2.43. The average Bonchev–Trinajstić information content (AvgIpc) is 2.81. The lowest BCUT2D eigenvalue weighted by atomic mass is 9.82. The Balaban J connectivity index is 1.85. The molecule has 2 aromatic carbocycles. The molecule has 8 heteroatoms. The van der Waals surface area contributed by atoms with Gasteiger partial charge in [0.05, 0.1) is 11.1 Å². The molecule has 0 fully saturated rings. The van der Waals surface area contributed by atoms with Gasteiger partial charge in [0.15, 0.2) is 17.8 Å². The molecule has 1 aliphatic carbocycles. The van der Waals surface area contributed by atoms with E-state index >= 15 is 0 Å². The lowest BCUT2D eigenvalue weighted by Crippen LogP contribution is -2.63. The number of hydrogen-bond acceptors (Lipinski definition) is 8. The molecule has 4 atom stereocenters. The minimum atomic E-state index is -2.01. The summed E-state index contributed by atoms with van der Waals surface area (Å²) in [6.07, 6.45) is -0.582. The molecular weight excluding hydrogens is 416 g/mol. The molecule has 1 N–H and O–H groups in total. The van der Waals surface area contributed by atoms with E-state index in [1.54, 1.807) is 60.7 Å². The minimum Gasteiger partial charge on any atom is -0.459 e. The smallest absolute Gasteiger partial charge is 0.338 e. The number of hydrogen-bond donors (Lipinski definition) is 1. The third-order valence-electron chi connectivity index (χ3n) is 5.00. The van der Waals surface area contributed by atoms with Crippen LogP contribution in [0.4, 0.5) is 0 Å². The van der Waals surface area contributed by atoms with Crippen molar-refractivity contribution in [3.8, 4) is 0 Å². The van der Waals surface area contributed by atoms with Crippen molar-refractivity contribution in [2.75, 3.05) is 13.7 Å². The minimum absolute atomic E-state index is 0.285. The van der Waals surface area contributed by atoms with E-state index in [4.69, 9.17) is 18.9 Å². The van der Waals surface area contributed by atoms with Crippen LogP contribution in [0.3, 0.4) is 0 Å². The largest absolute Gasteiger partial charge is 0.459 e. The van der Waals surface area contributed by atoms with Crippen LogP contribution in [-0.2, 0) is 23.7 Å². The summed E-state index contributed by atoms with van der Waals surface area (Å²) in [6.45, 7) is 0.591. The number of benzene rings is 2. The van der Waals surface area contributed by atoms with Crippen molar-refractivity contribution >= 4 is 17.9 Å². The number of carbonyl (C=O) groups is 3. The Hall–Kier alpha value is -3.49. The molecule has 0 aromatic heterocycles. The summed E-state index contributed by atoms with van der Waals surface area (Å²) >= 11 is 0. The molecule has 3 rings (SSSR count). The van der Waals surface area contributed by atoms with Crippen molar-refractivity contribution in [1.82, 2.24) is 0 Å². The SMILES string of the molecule is CO[C@H]1C=C[C@@H](OC(=O)c2ccccc2)[C@H](OC(C)=O)[C@@]1(O)COC(=O)c1ccccc1. The molecule has 0 saturated heterocycles. The van der Waals surface area contributed by atoms with Gasteiger partial charge in [-0.2, -0.15) is 0 Å². The fourth-order valence-electron chi connectivity index (χ4n) is 3.42. The van der Waals surface area contributed by atoms with Crippen LogP contribution in [-0.4, -0.2) is 60.6 Å². The monoisotopic (exact) mass is 440 g/mol. The Morgan fingerprint density at radius 2 is 1.44 bits per heavy atom. The van der Waals surface area contributed by atoms with Crippen molar-refractivity contribution < 1.29 is 38.4 Å². The maximum atomic E-state index is 12.6. The molecule has 0 radical (unpaired) electrons. The molecule has 2 aromatic rings. The summed E-state index contributed by atoms with van der Waals surface area (Å²) in [5.41, 5.74) is -1.44. The van der Waals surface area contributed by atoms with Gasteiger partial charge in [0.1, 0.15) is 12.7 Å².